The number of ether oxygens (including phenoxy) is 1. The molecule has 0 saturated carbocycles. The summed E-state index contributed by atoms with van der Waals surface area (Å²) in [6, 6.07) is 0. The predicted molar refractivity (Wildman–Crippen MR) is 51.3 cm³/mol. The fraction of sp³-hybridized carbons (Fsp3) is 0.667. The van der Waals surface area contributed by atoms with Gasteiger partial charge >= 0.3 is 93.1 Å². The van der Waals surface area contributed by atoms with Crippen LogP contribution in [0.1, 0.15) is 26.7 Å². The van der Waals surface area contributed by atoms with Gasteiger partial charge in [-0.1, -0.05) is 0 Å². The van der Waals surface area contributed by atoms with Crippen molar-refractivity contribution in [3.05, 3.63) is 11.8 Å². The molecule has 0 aromatic heterocycles. The number of hydrogen-bond donors (Lipinski definition) is 0. The van der Waals surface area contributed by atoms with Crippen molar-refractivity contribution >= 4 is 28.7 Å². The Morgan fingerprint density at radius 1 is 1.62 bits per heavy atom. The van der Waals surface area contributed by atoms with E-state index in [0.717, 1.165) is 29.4 Å². The van der Waals surface area contributed by atoms with E-state index >= 15 is 0 Å². The molecule has 3 radical (unpaired) electrons. The zero-order chi connectivity index (χ0) is 10.3. The maximum absolute atomic E-state index is 11.2. The standard InChI is InChI=1S/C9H16O3.Sn/c1-4-5-8(10)6-9(11)7(2)12-3;/h6-7,11H,4-5H2,1-3H3;/q;+1/p-1. The van der Waals surface area contributed by atoms with Crippen LogP contribution in [0.15, 0.2) is 11.8 Å². The van der Waals surface area contributed by atoms with Crippen LogP contribution in [-0.2, 0) is 12.6 Å². The van der Waals surface area contributed by atoms with Crippen molar-refractivity contribution in [3.8, 4) is 0 Å². The molecule has 73 valence electrons. The van der Waals surface area contributed by atoms with Crippen molar-refractivity contribution < 1.29 is 12.6 Å². The Morgan fingerprint density at radius 3 is 2.62 bits per heavy atom. The van der Waals surface area contributed by atoms with E-state index < -0.39 is 0 Å². The molecular formula is C9H15O3Sn. The molecule has 13 heavy (non-hydrogen) atoms. The molecule has 0 aliphatic carbocycles. The summed E-state index contributed by atoms with van der Waals surface area (Å²) in [7, 11) is 1.60. The number of methoxy groups -OCH3 is 1. The third kappa shape index (κ3) is 5.31. The van der Waals surface area contributed by atoms with Gasteiger partial charge in [-0.05, 0) is 0 Å². The van der Waals surface area contributed by atoms with E-state index in [9.17, 15) is 4.79 Å². The van der Waals surface area contributed by atoms with Gasteiger partial charge in [-0.15, -0.1) is 0 Å². The molecule has 1 atom stereocenters. The molecule has 0 aliphatic heterocycles. The number of ketones is 1. The maximum atomic E-state index is 11.2. The van der Waals surface area contributed by atoms with E-state index in [-0.39, 0.29) is 11.9 Å². The number of hydrogen-bond acceptors (Lipinski definition) is 3. The van der Waals surface area contributed by atoms with Gasteiger partial charge in [0.2, 0.25) is 0 Å². The summed E-state index contributed by atoms with van der Waals surface area (Å²) in [5.41, 5.74) is 0. The molecule has 3 nitrogen and oxygen atoms in total. The second-order valence-electron chi connectivity index (χ2n) is 2.74. The monoisotopic (exact) mass is 291 g/mol. The molecule has 0 amide bonds. The van der Waals surface area contributed by atoms with Crippen LogP contribution in [0.3, 0.4) is 0 Å². The van der Waals surface area contributed by atoms with Gasteiger partial charge in [0.05, 0.1) is 0 Å². The Kier molecular flexibility index (Phi) is 7.36. The van der Waals surface area contributed by atoms with E-state index in [0.29, 0.717) is 12.2 Å². The Labute approximate surface area is 93.1 Å². The first-order valence-corrected chi connectivity index (χ1v) is 5.43. The quantitative estimate of drug-likeness (QED) is 0.421. The van der Waals surface area contributed by atoms with E-state index in [1.807, 2.05) is 13.8 Å². The summed E-state index contributed by atoms with van der Waals surface area (Å²) in [4.78, 5) is 11.2. The Bertz CT molecular complexity index is 189. The molecule has 4 heteroatoms. The Hall–Kier alpha value is -0.0313. The predicted octanol–water partition coefficient (Wildman–Crippen LogP) is 1.37. The topological polar surface area (TPSA) is 35.5 Å². The van der Waals surface area contributed by atoms with Crippen LogP contribution in [0.5, 0.6) is 0 Å². The molecule has 0 rings (SSSR count). The minimum atomic E-state index is -0.139. The average molecular weight is 290 g/mol. The summed E-state index contributed by atoms with van der Waals surface area (Å²) >= 11 is 0.921. The van der Waals surface area contributed by atoms with Crippen molar-refractivity contribution in [3.63, 3.8) is 0 Å². The summed E-state index contributed by atoms with van der Waals surface area (Å²) in [6.45, 7) is 3.83. The van der Waals surface area contributed by atoms with Crippen molar-refractivity contribution in [2.45, 2.75) is 32.8 Å². The van der Waals surface area contributed by atoms with Gasteiger partial charge in [-0.2, -0.15) is 0 Å². The van der Waals surface area contributed by atoms with Crippen molar-refractivity contribution in [1.29, 1.82) is 0 Å². The van der Waals surface area contributed by atoms with Crippen LogP contribution in [0.25, 0.3) is 0 Å². The van der Waals surface area contributed by atoms with Gasteiger partial charge in [-0.3, -0.25) is 0 Å². The van der Waals surface area contributed by atoms with Crippen LogP contribution >= 0.6 is 0 Å². The van der Waals surface area contributed by atoms with E-state index in [2.05, 4.69) is 0 Å². The SMILES string of the molecule is CCCC(=O)C=C([O][Sn])C(C)OC. The van der Waals surface area contributed by atoms with Gasteiger partial charge in [0.25, 0.3) is 0 Å². The molecule has 0 heterocycles. The van der Waals surface area contributed by atoms with Crippen LogP contribution < -0.4 is 0 Å². The fourth-order valence-corrected chi connectivity index (χ4v) is 1.47. The molecular weight excluding hydrogens is 275 g/mol. The molecule has 0 spiro atoms. The van der Waals surface area contributed by atoms with Crippen LogP contribution in [0, 0.1) is 0 Å². The summed E-state index contributed by atoms with van der Waals surface area (Å²) < 4.78 is 10.2. The molecule has 0 fully saturated rings. The van der Waals surface area contributed by atoms with E-state index in [1.165, 1.54) is 6.08 Å². The molecule has 0 aliphatic rings. The zero-order valence-electron chi connectivity index (χ0n) is 8.29. The summed E-state index contributed by atoms with van der Waals surface area (Å²) in [6.07, 6.45) is 2.83. The minimum absolute atomic E-state index is 0.101. The number of rotatable bonds is 6. The summed E-state index contributed by atoms with van der Waals surface area (Å²) in [5, 5.41) is 0. The molecule has 0 bridgehead atoms. The third-order valence-electron chi connectivity index (χ3n) is 1.67. The van der Waals surface area contributed by atoms with Crippen LogP contribution in [0.4, 0.5) is 0 Å². The fourth-order valence-electron chi connectivity index (χ4n) is 0.823. The van der Waals surface area contributed by atoms with Gasteiger partial charge in [0.1, 0.15) is 0 Å². The van der Waals surface area contributed by atoms with Gasteiger partial charge in [-0.25, -0.2) is 0 Å². The molecule has 0 aromatic rings. The Balaban J connectivity index is 4.28. The first-order valence-electron chi connectivity index (χ1n) is 4.26. The zero-order valence-corrected chi connectivity index (χ0v) is 11.1. The van der Waals surface area contributed by atoms with E-state index in [4.69, 9.17) is 7.81 Å². The Morgan fingerprint density at radius 2 is 2.23 bits per heavy atom. The summed E-state index contributed by atoms with van der Waals surface area (Å²) in [5.74, 6) is 0.725. The molecule has 0 N–H and O–H groups in total. The second kappa shape index (κ2) is 7.38. The van der Waals surface area contributed by atoms with Crippen LogP contribution in [-0.4, -0.2) is 41.9 Å². The number of allylic oxidation sites excluding steroid dienone is 1. The first-order chi connectivity index (χ1) is 6.15. The normalized spacial score (nSPS) is 14.0. The van der Waals surface area contributed by atoms with Gasteiger partial charge in [0.15, 0.2) is 0 Å². The van der Waals surface area contributed by atoms with Crippen molar-refractivity contribution in [2.75, 3.05) is 7.11 Å². The first kappa shape index (κ1) is 13.0. The molecule has 1 unspecified atom stereocenters. The number of carbonyl (C=O) groups excluding carboxylic acids is 1. The van der Waals surface area contributed by atoms with Gasteiger partial charge < -0.3 is 0 Å². The van der Waals surface area contributed by atoms with Crippen LogP contribution in [0.2, 0.25) is 0 Å². The number of carbonyl (C=O) groups is 1. The average Bonchev–Trinajstić information content (AvgIpc) is 2.13. The van der Waals surface area contributed by atoms with Crippen molar-refractivity contribution in [1.82, 2.24) is 0 Å². The van der Waals surface area contributed by atoms with Crippen molar-refractivity contribution in [2.24, 2.45) is 0 Å². The third-order valence-corrected chi connectivity index (χ3v) is 2.34. The molecule has 0 aromatic carbocycles. The molecule has 0 saturated heterocycles. The van der Waals surface area contributed by atoms with E-state index in [1.54, 1.807) is 7.11 Å². The second-order valence-corrected chi connectivity index (χ2v) is 3.33. The van der Waals surface area contributed by atoms with Gasteiger partial charge in [0, 0.05) is 0 Å².